The van der Waals surface area contributed by atoms with E-state index in [4.69, 9.17) is 4.98 Å². The van der Waals surface area contributed by atoms with E-state index >= 15 is 0 Å². The lowest BCUT2D eigenvalue weighted by Gasteiger charge is -2.28. The van der Waals surface area contributed by atoms with Crippen molar-refractivity contribution in [1.82, 2.24) is 14.8 Å². The Morgan fingerprint density at radius 3 is 2.20 bits per heavy atom. The average Bonchev–Trinajstić information content (AvgIpc) is 2.90. The number of halogens is 3. The monoisotopic (exact) mass is 357 g/mol. The fraction of sp³-hybridized carbons (Fsp3) is 0.889. The third-order valence-electron chi connectivity index (χ3n) is 6.44. The zero-order valence-electron chi connectivity index (χ0n) is 14.7. The van der Waals surface area contributed by atoms with Crippen molar-refractivity contribution in [2.24, 2.45) is 17.8 Å². The zero-order chi connectivity index (χ0) is 17.9. The van der Waals surface area contributed by atoms with Gasteiger partial charge in [0.25, 0.3) is 0 Å². The molecule has 4 nitrogen and oxygen atoms in total. The minimum absolute atomic E-state index is 0.0431. The molecule has 3 aliphatic rings. The topological polar surface area (TPSA) is 50.9 Å². The smallest absolute Gasteiger partial charge is 0.391 e. The first kappa shape index (κ1) is 17.3. The Kier molecular flexibility index (Phi) is 4.13. The van der Waals surface area contributed by atoms with E-state index in [0.29, 0.717) is 30.6 Å². The molecule has 1 heterocycles. The second-order valence-electron chi connectivity index (χ2n) is 8.44. The molecular weight excluding hydrogens is 331 g/mol. The summed E-state index contributed by atoms with van der Waals surface area (Å²) in [6.07, 6.45) is -1.18. The van der Waals surface area contributed by atoms with Crippen molar-refractivity contribution in [3.63, 3.8) is 0 Å². The van der Waals surface area contributed by atoms with Crippen molar-refractivity contribution in [3.05, 3.63) is 11.6 Å². The molecular formula is C18H26F3N3O. The Labute approximate surface area is 145 Å². The fourth-order valence-corrected chi connectivity index (χ4v) is 5.01. The lowest BCUT2D eigenvalue weighted by Crippen LogP contribution is -2.27. The molecule has 2 unspecified atom stereocenters. The van der Waals surface area contributed by atoms with Crippen molar-refractivity contribution < 1.29 is 18.3 Å². The van der Waals surface area contributed by atoms with E-state index in [2.05, 4.69) is 18.9 Å². The van der Waals surface area contributed by atoms with Gasteiger partial charge in [-0.05, 0) is 64.2 Å². The molecule has 0 radical (unpaired) electrons. The van der Waals surface area contributed by atoms with Crippen molar-refractivity contribution in [1.29, 1.82) is 0 Å². The van der Waals surface area contributed by atoms with E-state index < -0.39 is 12.1 Å². The van der Waals surface area contributed by atoms with Crippen LogP contribution in [0.4, 0.5) is 13.2 Å². The number of rotatable bonds is 3. The van der Waals surface area contributed by atoms with Crippen molar-refractivity contribution in [2.75, 3.05) is 0 Å². The van der Waals surface area contributed by atoms with Gasteiger partial charge in [0.05, 0.1) is 12.0 Å². The molecule has 0 saturated heterocycles. The van der Waals surface area contributed by atoms with E-state index in [1.54, 1.807) is 0 Å². The first-order valence-corrected chi connectivity index (χ1v) is 9.46. The summed E-state index contributed by atoms with van der Waals surface area (Å²) in [5.74, 6) is 1.98. The quantitative estimate of drug-likeness (QED) is 0.883. The van der Waals surface area contributed by atoms with Crippen LogP contribution in [0.1, 0.15) is 81.9 Å². The maximum atomic E-state index is 12.9. The van der Waals surface area contributed by atoms with Gasteiger partial charge in [0.2, 0.25) is 0 Å². The number of aliphatic hydroxyl groups is 1. The van der Waals surface area contributed by atoms with Crippen LogP contribution in [0.3, 0.4) is 0 Å². The summed E-state index contributed by atoms with van der Waals surface area (Å²) in [6, 6.07) is 0.189. The SMILES string of the molecule is CC(C)n1nc(C2CCC(C(F)(F)F)CC2)nc1C1[C@H]2CC(O)C[C@@H]12. The normalized spacial score (nSPS) is 38.2. The molecule has 4 rings (SSSR count). The summed E-state index contributed by atoms with van der Waals surface area (Å²) < 4.78 is 40.6. The van der Waals surface area contributed by atoms with Gasteiger partial charge in [-0.25, -0.2) is 9.67 Å². The number of aromatic nitrogens is 3. The molecule has 3 saturated carbocycles. The lowest BCUT2D eigenvalue weighted by molar-refractivity contribution is -0.182. The molecule has 25 heavy (non-hydrogen) atoms. The molecule has 1 aromatic heterocycles. The van der Waals surface area contributed by atoms with E-state index in [9.17, 15) is 18.3 Å². The van der Waals surface area contributed by atoms with Crippen LogP contribution in [-0.2, 0) is 0 Å². The lowest BCUT2D eigenvalue weighted by atomic mass is 9.81. The van der Waals surface area contributed by atoms with Crippen LogP contribution in [0, 0.1) is 17.8 Å². The molecule has 4 atom stereocenters. The summed E-state index contributed by atoms with van der Waals surface area (Å²) in [5.41, 5.74) is 0. The molecule has 3 aliphatic carbocycles. The molecule has 0 aromatic carbocycles. The molecule has 0 amide bonds. The van der Waals surface area contributed by atoms with Crippen LogP contribution in [-0.4, -0.2) is 32.2 Å². The largest absolute Gasteiger partial charge is 0.393 e. The molecule has 3 fully saturated rings. The first-order valence-electron chi connectivity index (χ1n) is 9.46. The summed E-state index contributed by atoms with van der Waals surface area (Å²) >= 11 is 0. The maximum Gasteiger partial charge on any atom is 0.391 e. The van der Waals surface area contributed by atoms with Gasteiger partial charge in [0, 0.05) is 17.9 Å². The number of hydrogen-bond donors (Lipinski definition) is 1. The second-order valence-corrected chi connectivity index (χ2v) is 8.44. The highest BCUT2D eigenvalue weighted by atomic mass is 19.4. The minimum Gasteiger partial charge on any atom is -0.393 e. The molecule has 0 spiro atoms. The maximum absolute atomic E-state index is 12.9. The van der Waals surface area contributed by atoms with Crippen LogP contribution in [0.25, 0.3) is 0 Å². The number of hydrogen-bond acceptors (Lipinski definition) is 3. The van der Waals surface area contributed by atoms with Gasteiger partial charge in [-0.1, -0.05) is 0 Å². The molecule has 7 heteroatoms. The Morgan fingerprint density at radius 1 is 1.08 bits per heavy atom. The predicted octanol–water partition coefficient (Wildman–Crippen LogP) is 4.18. The number of aliphatic hydroxyl groups excluding tert-OH is 1. The Hall–Kier alpha value is -1.11. The number of alkyl halides is 3. The van der Waals surface area contributed by atoms with Crippen LogP contribution in [0.5, 0.6) is 0 Å². The van der Waals surface area contributed by atoms with E-state index in [-0.39, 0.29) is 30.9 Å². The number of nitrogens with zero attached hydrogens (tertiary/aromatic N) is 3. The van der Waals surface area contributed by atoms with Crippen LogP contribution in [0.15, 0.2) is 0 Å². The van der Waals surface area contributed by atoms with Crippen molar-refractivity contribution in [2.45, 2.75) is 82.5 Å². The third kappa shape index (κ3) is 3.09. The van der Waals surface area contributed by atoms with Crippen LogP contribution in [0.2, 0.25) is 0 Å². The van der Waals surface area contributed by atoms with Gasteiger partial charge in [-0.2, -0.15) is 18.3 Å². The molecule has 1 aromatic rings. The van der Waals surface area contributed by atoms with Gasteiger partial charge in [0.1, 0.15) is 5.82 Å². The number of fused-ring (bicyclic) bond motifs is 1. The third-order valence-corrected chi connectivity index (χ3v) is 6.44. The van der Waals surface area contributed by atoms with Crippen LogP contribution >= 0.6 is 0 Å². The Bertz CT molecular complexity index is 622. The van der Waals surface area contributed by atoms with Crippen molar-refractivity contribution >= 4 is 0 Å². The van der Waals surface area contributed by atoms with Gasteiger partial charge < -0.3 is 5.11 Å². The Morgan fingerprint density at radius 2 is 1.68 bits per heavy atom. The van der Waals surface area contributed by atoms with E-state index in [1.165, 1.54) is 0 Å². The summed E-state index contributed by atoms with van der Waals surface area (Å²) in [6.45, 7) is 4.13. The summed E-state index contributed by atoms with van der Waals surface area (Å²) in [4.78, 5) is 4.80. The minimum atomic E-state index is -4.08. The van der Waals surface area contributed by atoms with Gasteiger partial charge in [-0.15, -0.1) is 0 Å². The molecule has 0 aliphatic heterocycles. The first-order chi connectivity index (χ1) is 11.8. The second kappa shape index (κ2) is 5.96. The summed E-state index contributed by atoms with van der Waals surface area (Å²) in [7, 11) is 0. The van der Waals surface area contributed by atoms with Gasteiger partial charge in [-0.3, -0.25) is 0 Å². The standard InChI is InChI=1S/C18H26F3N3O/c1-9(2)24-17(15-13-7-12(25)8-14(13)15)22-16(23-24)10-3-5-11(6-4-10)18(19,20)21/h9-15,25H,3-8H2,1-2H3/t10?,11?,12?,13-,14+,15?. The molecule has 1 N–H and O–H groups in total. The summed E-state index contributed by atoms with van der Waals surface area (Å²) in [5, 5.41) is 14.4. The van der Waals surface area contributed by atoms with E-state index in [1.807, 2.05) is 4.68 Å². The Balaban J connectivity index is 1.50. The van der Waals surface area contributed by atoms with Gasteiger partial charge >= 0.3 is 6.18 Å². The predicted molar refractivity (Wildman–Crippen MR) is 86.1 cm³/mol. The zero-order valence-corrected chi connectivity index (χ0v) is 14.7. The highest BCUT2D eigenvalue weighted by molar-refractivity contribution is 5.21. The fourth-order valence-electron chi connectivity index (χ4n) is 5.01. The van der Waals surface area contributed by atoms with E-state index in [0.717, 1.165) is 24.5 Å². The highest BCUT2D eigenvalue weighted by Crippen LogP contribution is 2.63. The van der Waals surface area contributed by atoms with Gasteiger partial charge in [0.15, 0.2) is 5.82 Å². The molecule has 0 bridgehead atoms. The average molecular weight is 357 g/mol. The highest BCUT2D eigenvalue weighted by Gasteiger charge is 2.58. The van der Waals surface area contributed by atoms with Crippen LogP contribution < -0.4 is 0 Å². The molecule has 140 valence electrons. The van der Waals surface area contributed by atoms with Crippen molar-refractivity contribution in [3.8, 4) is 0 Å².